The second-order valence-electron chi connectivity index (χ2n) is 5.73. The maximum atomic E-state index is 12.1. The summed E-state index contributed by atoms with van der Waals surface area (Å²) in [6, 6.07) is 5.44. The molecule has 2 fully saturated rings. The number of rotatable bonds is 4. The van der Waals surface area contributed by atoms with Gasteiger partial charge in [-0.1, -0.05) is 6.07 Å². The Kier molecular flexibility index (Phi) is 4.02. The summed E-state index contributed by atoms with van der Waals surface area (Å²) in [6.07, 6.45) is -0.579. The van der Waals surface area contributed by atoms with Crippen molar-refractivity contribution >= 4 is 12.0 Å². The Bertz CT molecular complexity index is 633. The molecule has 0 unspecified atom stereocenters. The molecule has 0 aromatic heterocycles. The van der Waals surface area contributed by atoms with E-state index >= 15 is 0 Å². The smallest absolute Gasteiger partial charge is 0.410 e. The fraction of sp³-hybridized carbons (Fsp3) is 0.500. The van der Waals surface area contributed by atoms with Crippen molar-refractivity contribution < 1.29 is 23.8 Å². The van der Waals surface area contributed by atoms with Crippen molar-refractivity contribution in [3.8, 4) is 11.5 Å². The van der Waals surface area contributed by atoms with Crippen LogP contribution >= 0.6 is 0 Å². The summed E-state index contributed by atoms with van der Waals surface area (Å²) in [4.78, 5) is 27.0. The molecule has 0 N–H and O–H groups in total. The predicted molar refractivity (Wildman–Crippen MR) is 81.4 cm³/mol. The van der Waals surface area contributed by atoms with Crippen LogP contribution in [0, 0.1) is 0 Å². The summed E-state index contributed by atoms with van der Waals surface area (Å²) in [5, 5.41) is 0. The molecule has 2 aliphatic heterocycles. The Balaban J connectivity index is 1.77. The number of carbonyl (C=O) groups is 2. The highest BCUT2D eigenvalue weighted by Crippen LogP contribution is 2.31. The van der Waals surface area contributed by atoms with Gasteiger partial charge in [0.05, 0.1) is 26.8 Å². The van der Waals surface area contributed by atoms with Crippen LogP contribution in [0.2, 0.25) is 0 Å². The van der Waals surface area contributed by atoms with E-state index in [0.29, 0.717) is 31.1 Å². The largest absolute Gasteiger partial charge is 0.493 e. The summed E-state index contributed by atoms with van der Waals surface area (Å²) in [5.74, 6) is 1.26. The van der Waals surface area contributed by atoms with Crippen LogP contribution in [0.15, 0.2) is 18.2 Å². The number of ether oxygens (including phenoxy) is 3. The minimum absolute atomic E-state index is 0.00140. The Morgan fingerprint density at radius 2 is 2.00 bits per heavy atom. The highest BCUT2D eigenvalue weighted by molar-refractivity contribution is 5.76. The Morgan fingerprint density at radius 1 is 1.26 bits per heavy atom. The molecule has 1 aromatic rings. The summed E-state index contributed by atoms with van der Waals surface area (Å²) in [5.41, 5.74) is 0.918. The molecule has 0 saturated carbocycles. The number of methoxy groups -OCH3 is 2. The standard InChI is InChI=1S/C16H20N2O5/c1-10(19)17-8-12-15(9-17)23-16(20)18(12)7-11-4-5-13(21-2)14(6-11)22-3/h4-6,12,15H,7-9H2,1-3H3/t12-,15+/m1/s1. The van der Waals surface area contributed by atoms with Crippen LogP contribution in [-0.4, -0.2) is 61.3 Å². The van der Waals surface area contributed by atoms with Crippen molar-refractivity contribution in [3.05, 3.63) is 23.8 Å². The van der Waals surface area contributed by atoms with Crippen LogP contribution in [-0.2, 0) is 16.1 Å². The van der Waals surface area contributed by atoms with Crippen molar-refractivity contribution in [3.63, 3.8) is 0 Å². The maximum absolute atomic E-state index is 12.1. The van der Waals surface area contributed by atoms with Gasteiger partial charge < -0.3 is 19.1 Å². The van der Waals surface area contributed by atoms with E-state index < -0.39 is 0 Å². The van der Waals surface area contributed by atoms with Gasteiger partial charge in [-0.15, -0.1) is 0 Å². The lowest BCUT2D eigenvalue weighted by molar-refractivity contribution is -0.128. The number of hydrogen-bond donors (Lipinski definition) is 0. The van der Waals surface area contributed by atoms with Crippen LogP contribution in [0.3, 0.4) is 0 Å². The zero-order valence-corrected chi connectivity index (χ0v) is 13.4. The molecule has 124 valence electrons. The lowest BCUT2D eigenvalue weighted by Gasteiger charge is -2.22. The van der Waals surface area contributed by atoms with Gasteiger partial charge in [-0.05, 0) is 17.7 Å². The number of likely N-dealkylation sites (tertiary alicyclic amines) is 1. The first-order chi connectivity index (χ1) is 11.0. The fourth-order valence-corrected chi connectivity index (χ4v) is 3.12. The number of amides is 2. The van der Waals surface area contributed by atoms with E-state index in [4.69, 9.17) is 14.2 Å². The molecule has 7 nitrogen and oxygen atoms in total. The van der Waals surface area contributed by atoms with E-state index in [9.17, 15) is 9.59 Å². The van der Waals surface area contributed by atoms with Crippen molar-refractivity contribution in [1.29, 1.82) is 0 Å². The van der Waals surface area contributed by atoms with Crippen molar-refractivity contribution in [2.24, 2.45) is 0 Å². The molecule has 0 radical (unpaired) electrons. The van der Waals surface area contributed by atoms with Gasteiger partial charge >= 0.3 is 6.09 Å². The molecular formula is C16H20N2O5. The summed E-state index contributed by atoms with van der Waals surface area (Å²) < 4.78 is 15.9. The maximum Gasteiger partial charge on any atom is 0.410 e. The minimum atomic E-state index is -0.335. The summed E-state index contributed by atoms with van der Waals surface area (Å²) >= 11 is 0. The van der Waals surface area contributed by atoms with Crippen LogP contribution in [0.25, 0.3) is 0 Å². The highest BCUT2D eigenvalue weighted by Gasteiger charge is 2.48. The van der Waals surface area contributed by atoms with E-state index in [0.717, 1.165) is 5.56 Å². The summed E-state index contributed by atoms with van der Waals surface area (Å²) in [6.45, 7) is 2.92. The van der Waals surface area contributed by atoms with Gasteiger partial charge in [0.15, 0.2) is 11.5 Å². The Labute approximate surface area is 134 Å². The first-order valence-electron chi connectivity index (χ1n) is 7.47. The Hall–Kier alpha value is -2.44. The molecule has 23 heavy (non-hydrogen) atoms. The average molecular weight is 320 g/mol. The van der Waals surface area contributed by atoms with E-state index in [1.54, 1.807) is 24.0 Å². The van der Waals surface area contributed by atoms with Gasteiger partial charge in [0.25, 0.3) is 0 Å². The average Bonchev–Trinajstić information content (AvgIpc) is 3.06. The van der Waals surface area contributed by atoms with Gasteiger partial charge in [0.1, 0.15) is 6.10 Å². The Morgan fingerprint density at radius 3 is 2.65 bits per heavy atom. The number of fused-ring (bicyclic) bond motifs is 1. The van der Waals surface area contributed by atoms with Crippen LogP contribution in [0.4, 0.5) is 4.79 Å². The summed E-state index contributed by atoms with van der Waals surface area (Å²) in [7, 11) is 3.15. The molecule has 2 aliphatic rings. The number of hydrogen-bond acceptors (Lipinski definition) is 5. The zero-order valence-electron chi connectivity index (χ0n) is 13.4. The van der Waals surface area contributed by atoms with Crippen molar-refractivity contribution in [2.45, 2.75) is 25.6 Å². The molecule has 0 spiro atoms. The third-order valence-electron chi connectivity index (χ3n) is 4.37. The van der Waals surface area contributed by atoms with Crippen LogP contribution in [0.1, 0.15) is 12.5 Å². The van der Waals surface area contributed by atoms with Crippen molar-refractivity contribution in [1.82, 2.24) is 9.80 Å². The van der Waals surface area contributed by atoms with Crippen LogP contribution < -0.4 is 9.47 Å². The molecule has 2 heterocycles. The van der Waals surface area contributed by atoms with Gasteiger partial charge in [-0.25, -0.2) is 4.79 Å². The van der Waals surface area contributed by atoms with E-state index in [1.165, 1.54) is 6.92 Å². The first kappa shape index (κ1) is 15.5. The molecule has 2 saturated heterocycles. The van der Waals surface area contributed by atoms with E-state index in [1.807, 2.05) is 18.2 Å². The second kappa shape index (κ2) is 5.98. The lowest BCUT2D eigenvalue weighted by atomic mass is 10.1. The molecule has 2 amide bonds. The van der Waals surface area contributed by atoms with Crippen molar-refractivity contribution in [2.75, 3.05) is 27.3 Å². The molecule has 2 atom stereocenters. The topological polar surface area (TPSA) is 68.3 Å². The normalized spacial score (nSPS) is 22.8. The van der Waals surface area contributed by atoms with Crippen LogP contribution in [0.5, 0.6) is 11.5 Å². The van der Waals surface area contributed by atoms with E-state index in [-0.39, 0.29) is 24.1 Å². The second-order valence-corrected chi connectivity index (χ2v) is 5.73. The van der Waals surface area contributed by atoms with Gasteiger partial charge in [-0.2, -0.15) is 0 Å². The van der Waals surface area contributed by atoms with Gasteiger partial charge in [0, 0.05) is 20.0 Å². The molecule has 3 rings (SSSR count). The highest BCUT2D eigenvalue weighted by atomic mass is 16.6. The first-order valence-corrected chi connectivity index (χ1v) is 7.47. The molecule has 1 aromatic carbocycles. The zero-order chi connectivity index (χ0) is 16.6. The van der Waals surface area contributed by atoms with Gasteiger partial charge in [0.2, 0.25) is 5.91 Å². The number of nitrogens with zero attached hydrogens (tertiary/aromatic N) is 2. The number of carbonyl (C=O) groups excluding carboxylic acids is 2. The monoisotopic (exact) mass is 320 g/mol. The molecular weight excluding hydrogens is 300 g/mol. The lowest BCUT2D eigenvalue weighted by Crippen LogP contribution is -2.38. The third-order valence-corrected chi connectivity index (χ3v) is 4.37. The minimum Gasteiger partial charge on any atom is -0.493 e. The SMILES string of the molecule is COc1ccc(CN2C(=O)O[C@H]3CN(C(C)=O)C[C@H]32)cc1OC. The fourth-order valence-electron chi connectivity index (χ4n) is 3.12. The molecule has 7 heteroatoms. The predicted octanol–water partition coefficient (Wildman–Crippen LogP) is 1.26. The quantitative estimate of drug-likeness (QED) is 0.835. The third kappa shape index (κ3) is 2.78. The molecule has 0 aliphatic carbocycles. The number of benzene rings is 1. The van der Waals surface area contributed by atoms with Gasteiger partial charge in [-0.3, -0.25) is 9.69 Å². The molecule has 0 bridgehead atoms. The van der Waals surface area contributed by atoms with E-state index in [2.05, 4.69) is 0 Å².